The van der Waals surface area contributed by atoms with Gasteiger partial charge in [0.05, 0.1) is 7.11 Å². The molecule has 0 heterocycles. The molecule has 2 rings (SSSR count). The van der Waals surface area contributed by atoms with E-state index in [2.05, 4.69) is 0 Å². The van der Waals surface area contributed by atoms with Crippen LogP contribution in [0.3, 0.4) is 0 Å². The van der Waals surface area contributed by atoms with Crippen molar-refractivity contribution >= 4 is 11.9 Å². The second kappa shape index (κ2) is 6.39. The molecule has 18 heavy (non-hydrogen) atoms. The number of rotatable bonds is 4. The van der Waals surface area contributed by atoms with Gasteiger partial charge in [-0.25, -0.2) is 0 Å². The maximum Gasteiger partial charge on any atom is 0.143 e. The standard InChI is InChI=1S/C16H20O2/c1-18-15-9-7-14(8-10-15)16(11-12-17)13-5-3-2-4-6-13/h7-13H,2-6H2,1H3. The van der Waals surface area contributed by atoms with Crippen molar-refractivity contribution in [3.05, 3.63) is 35.9 Å². The lowest BCUT2D eigenvalue weighted by atomic mass is 9.81. The third kappa shape index (κ3) is 3.00. The number of hydrogen-bond donors (Lipinski definition) is 0. The molecular formula is C16H20O2. The number of allylic oxidation sites excluding steroid dienone is 2. The summed E-state index contributed by atoms with van der Waals surface area (Å²) >= 11 is 0. The van der Waals surface area contributed by atoms with E-state index >= 15 is 0 Å². The van der Waals surface area contributed by atoms with E-state index in [9.17, 15) is 4.79 Å². The molecule has 0 amide bonds. The van der Waals surface area contributed by atoms with Crippen molar-refractivity contribution in [2.45, 2.75) is 32.1 Å². The van der Waals surface area contributed by atoms with Crippen LogP contribution in [0.1, 0.15) is 37.7 Å². The molecule has 0 spiro atoms. The molecule has 2 nitrogen and oxygen atoms in total. The second-order valence-corrected chi connectivity index (χ2v) is 4.82. The third-order valence-electron chi connectivity index (χ3n) is 3.72. The van der Waals surface area contributed by atoms with Crippen molar-refractivity contribution < 1.29 is 9.53 Å². The zero-order valence-electron chi connectivity index (χ0n) is 10.9. The molecule has 0 atom stereocenters. The topological polar surface area (TPSA) is 26.3 Å². The average Bonchev–Trinajstić information content (AvgIpc) is 2.46. The first kappa shape index (κ1) is 12.9. The molecule has 0 bridgehead atoms. The van der Waals surface area contributed by atoms with E-state index in [0.717, 1.165) is 17.6 Å². The summed E-state index contributed by atoms with van der Waals surface area (Å²) in [6.45, 7) is 0. The fraction of sp³-hybridized carbons (Fsp3) is 0.438. The molecule has 1 aromatic carbocycles. The van der Waals surface area contributed by atoms with Crippen molar-refractivity contribution in [2.24, 2.45) is 5.92 Å². The van der Waals surface area contributed by atoms with Crippen molar-refractivity contribution in [3.63, 3.8) is 0 Å². The molecule has 0 aliphatic heterocycles. The van der Waals surface area contributed by atoms with Crippen LogP contribution >= 0.6 is 0 Å². The number of carbonyl (C=O) groups is 1. The predicted molar refractivity (Wildman–Crippen MR) is 73.6 cm³/mol. The molecule has 1 aromatic rings. The van der Waals surface area contributed by atoms with Gasteiger partial charge in [0.15, 0.2) is 0 Å². The van der Waals surface area contributed by atoms with Crippen molar-refractivity contribution in [2.75, 3.05) is 7.11 Å². The van der Waals surface area contributed by atoms with E-state index in [4.69, 9.17) is 4.74 Å². The number of ether oxygens (including phenoxy) is 1. The summed E-state index contributed by atoms with van der Waals surface area (Å²) in [5, 5.41) is 0. The van der Waals surface area contributed by atoms with Gasteiger partial charge >= 0.3 is 0 Å². The Bertz CT molecular complexity index is 411. The molecule has 1 fully saturated rings. The van der Waals surface area contributed by atoms with Crippen LogP contribution in [0.4, 0.5) is 0 Å². The molecule has 1 saturated carbocycles. The van der Waals surface area contributed by atoms with Gasteiger partial charge in [0.25, 0.3) is 0 Å². The highest BCUT2D eigenvalue weighted by molar-refractivity contribution is 5.82. The van der Waals surface area contributed by atoms with Crippen molar-refractivity contribution in [1.82, 2.24) is 0 Å². The van der Waals surface area contributed by atoms with Crippen LogP contribution in [0.5, 0.6) is 5.75 Å². The van der Waals surface area contributed by atoms with Crippen LogP contribution in [0.2, 0.25) is 0 Å². The van der Waals surface area contributed by atoms with Crippen LogP contribution in [0, 0.1) is 5.92 Å². The van der Waals surface area contributed by atoms with E-state index < -0.39 is 0 Å². The Balaban J connectivity index is 2.23. The number of aldehydes is 1. The molecular weight excluding hydrogens is 224 g/mol. The van der Waals surface area contributed by atoms with E-state index in [1.54, 1.807) is 13.2 Å². The second-order valence-electron chi connectivity index (χ2n) is 4.82. The van der Waals surface area contributed by atoms with Gasteiger partial charge in [-0.05, 0) is 48.1 Å². The zero-order valence-corrected chi connectivity index (χ0v) is 10.9. The van der Waals surface area contributed by atoms with Gasteiger partial charge in [0, 0.05) is 0 Å². The maximum atomic E-state index is 10.9. The number of benzene rings is 1. The Morgan fingerprint density at radius 3 is 2.39 bits per heavy atom. The Kier molecular flexibility index (Phi) is 4.57. The van der Waals surface area contributed by atoms with E-state index in [-0.39, 0.29) is 0 Å². The summed E-state index contributed by atoms with van der Waals surface area (Å²) in [6, 6.07) is 8.00. The molecule has 0 N–H and O–H groups in total. The first-order valence-electron chi connectivity index (χ1n) is 6.65. The predicted octanol–water partition coefficient (Wildman–Crippen LogP) is 3.86. The maximum absolute atomic E-state index is 10.9. The van der Waals surface area contributed by atoms with Gasteiger partial charge in [-0.1, -0.05) is 31.4 Å². The Morgan fingerprint density at radius 1 is 1.17 bits per heavy atom. The quantitative estimate of drug-likeness (QED) is 0.594. The van der Waals surface area contributed by atoms with Crippen LogP contribution in [-0.2, 0) is 4.79 Å². The largest absolute Gasteiger partial charge is 0.497 e. The molecule has 96 valence electrons. The van der Waals surface area contributed by atoms with Crippen LogP contribution in [0.25, 0.3) is 5.57 Å². The first-order valence-corrected chi connectivity index (χ1v) is 6.65. The molecule has 1 aliphatic rings. The van der Waals surface area contributed by atoms with E-state index in [1.165, 1.54) is 37.7 Å². The zero-order chi connectivity index (χ0) is 12.8. The molecule has 0 radical (unpaired) electrons. The van der Waals surface area contributed by atoms with Gasteiger partial charge in [0.1, 0.15) is 12.0 Å². The minimum Gasteiger partial charge on any atom is -0.497 e. The number of hydrogen-bond acceptors (Lipinski definition) is 2. The normalized spacial score (nSPS) is 17.5. The van der Waals surface area contributed by atoms with Gasteiger partial charge in [-0.2, -0.15) is 0 Å². The van der Waals surface area contributed by atoms with Crippen LogP contribution in [0.15, 0.2) is 30.3 Å². The molecule has 2 heteroatoms. The summed E-state index contributed by atoms with van der Waals surface area (Å²) in [5.41, 5.74) is 2.34. The van der Waals surface area contributed by atoms with Crippen molar-refractivity contribution in [3.8, 4) is 5.75 Å². The lowest BCUT2D eigenvalue weighted by Crippen LogP contribution is -2.08. The third-order valence-corrected chi connectivity index (χ3v) is 3.72. The monoisotopic (exact) mass is 244 g/mol. The minimum absolute atomic E-state index is 0.539. The molecule has 0 aromatic heterocycles. The Morgan fingerprint density at radius 2 is 1.83 bits per heavy atom. The Hall–Kier alpha value is -1.57. The number of methoxy groups -OCH3 is 1. The lowest BCUT2D eigenvalue weighted by molar-refractivity contribution is -0.104. The molecule has 0 saturated heterocycles. The van der Waals surface area contributed by atoms with Gasteiger partial charge in [-0.15, -0.1) is 0 Å². The smallest absolute Gasteiger partial charge is 0.143 e. The highest BCUT2D eigenvalue weighted by Gasteiger charge is 2.18. The number of carbonyl (C=O) groups excluding carboxylic acids is 1. The van der Waals surface area contributed by atoms with E-state index in [1.807, 2.05) is 24.3 Å². The summed E-state index contributed by atoms with van der Waals surface area (Å²) in [6.07, 6.45) is 8.92. The summed E-state index contributed by atoms with van der Waals surface area (Å²) in [4.78, 5) is 10.9. The first-order chi connectivity index (χ1) is 8.85. The van der Waals surface area contributed by atoms with Gasteiger partial charge < -0.3 is 4.74 Å². The van der Waals surface area contributed by atoms with Crippen LogP contribution in [-0.4, -0.2) is 13.4 Å². The summed E-state index contributed by atoms with van der Waals surface area (Å²) in [5.74, 6) is 1.39. The Labute approximate surface area is 109 Å². The SMILES string of the molecule is COc1ccc(C(=CC=O)C2CCCCC2)cc1. The molecule has 1 aliphatic carbocycles. The van der Waals surface area contributed by atoms with Gasteiger partial charge in [0.2, 0.25) is 0 Å². The lowest BCUT2D eigenvalue weighted by Gasteiger charge is -2.24. The minimum atomic E-state index is 0.539. The van der Waals surface area contributed by atoms with Crippen molar-refractivity contribution in [1.29, 1.82) is 0 Å². The highest BCUT2D eigenvalue weighted by Crippen LogP contribution is 2.35. The average molecular weight is 244 g/mol. The fourth-order valence-corrected chi connectivity index (χ4v) is 2.74. The highest BCUT2D eigenvalue weighted by atomic mass is 16.5. The molecule has 0 unspecified atom stereocenters. The van der Waals surface area contributed by atoms with E-state index in [0.29, 0.717) is 5.92 Å². The van der Waals surface area contributed by atoms with Crippen LogP contribution < -0.4 is 4.74 Å². The summed E-state index contributed by atoms with van der Waals surface area (Å²) in [7, 11) is 1.66. The van der Waals surface area contributed by atoms with Gasteiger partial charge in [-0.3, -0.25) is 4.79 Å². The summed E-state index contributed by atoms with van der Waals surface area (Å²) < 4.78 is 5.17. The fourth-order valence-electron chi connectivity index (χ4n) is 2.74.